The molecule has 20 heavy (non-hydrogen) atoms. The summed E-state index contributed by atoms with van der Waals surface area (Å²) >= 11 is 0. The first kappa shape index (κ1) is 28.2. The van der Waals surface area contributed by atoms with Crippen molar-refractivity contribution in [3.05, 3.63) is 0 Å². The third-order valence-electron chi connectivity index (χ3n) is 2.04. The molecule has 0 bridgehead atoms. The van der Waals surface area contributed by atoms with Crippen LogP contribution in [-0.2, 0) is 0 Å². The standard InChI is InChI=1S/CH23P19/c2-13-16(18(7)8)1(14(3)4,15(5)6)17(19(9)10)20(11)12/h13H,2-12H2. The van der Waals surface area contributed by atoms with E-state index in [1.807, 2.05) is 0 Å². The second-order valence-electron chi connectivity index (χ2n) is 3.28. The van der Waals surface area contributed by atoms with E-state index in [2.05, 4.69) is 98.2 Å². The van der Waals surface area contributed by atoms with E-state index >= 15 is 0 Å². The van der Waals surface area contributed by atoms with Gasteiger partial charge in [0, 0.05) is 0 Å². The van der Waals surface area contributed by atoms with E-state index in [9.17, 15) is 0 Å². The Morgan fingerprint density at radius 3 is 1.10 bits per heavy atom. The molecule has 0 aromatic heterocycles. The summed E-state index contributed by atoms with van der Waals surface area (Å²) < 4.78 is 0.514. The molecule has 0 saturated carbocycles. The molecule has 0 N–H and O–H groups in total. The van der Waals surface area contributed by atoms with E-state index in [1.54, 1.807) is 0 Å². The number of rotatable bonds is 8. The minimum atomic E-state index is -0.129. The minimum absolute atomic E-state index is 0.0152. The van der Waals surface area contributed by atoms with Gasteiger partial charge in [0.05, 0.1) is 4.38 Å². The molecular formula is CH23P19. The Kier molecular flexibility index (Phi) is 20.0. The Morgan fingerprint density at radius 1 is 0.600 bits per heavy atom. The second-order valence-corrected chi connectivity index (χ2v) is 61.2. The van der Waals surface area contributed by atoms with Crippen LogP contribution < -0.4 is 0 Å². The zero-order chi connectivity index (χ0) is 16.2. The van der Waals surface area contributed by atoms with Gasteiger partial charge in [0.25, 0.3) is 0 Å². The smallest absolute Gasteiger partial charge is 0.0804 e. The van der Waals surface area contributed by atoms with Crippen molar-refractivity contribution in [3.8, 4) is 0 Å². The molecule has 0 fully saturated rings. The van der Waals surface area contributed by atoms with E-state index < -0.39 is 0 Å². The van der Waals surface area contributed by atoms with Gasteiger partial charge in [-0.3, -0.25) is 0 Å². The molecule has 13 unspecified atom stereocenters. The fraction of sp³-hybridized carbons (Fsp3) is 1.00. The van der Waals surface area contributed by atoms with Crippen molar-refractivity contribution in [2.45, 2.75) is 4.38 Å². The van der Waals surface area contributed by atoms with Gasteiger partial charge in [-0.25, -0.2) is 0 Å². The largest absolute Gasteiger partial charge is 0.110 e. The van der Waals surface area contributed by atoms with E-state index in [0.717, 1.165) is 7.96 Å². The minimum Gasteiger partial charge on any atom is -0.110 e. The maximum atomic E-state index is 3.19. The van der Waals surface area contributed by atoms with E-state index in [4.69, 9.17) is 0 Å². The summed E-state index contributed by atoms with van der Waals surface area (Å²) in [4.78, 5) is 0. The summed E-state index contributed by atoms with van der Waals surface area (Å²) in [7, 11) is 35.4. The van der Waals surface area contributed by atoms with Crippen LogP contribution in [-0.4, -0.2) is 4.38 Å². The SMILES string of the molecule is PPP(P(P)P)C(P(P)P)(P(P)P)P(P(P)P)P(P)P. The monoisotopic (exact) mass is 624 g/mol. The van der Waals surface area contributed by atoms with Crippen molar-refractivity contribution < 1.29 is 0 Å². The Hall–Kier alpha value is 8.17. The predicted molar refractivity (Wildman–Crippen MR) is 166 cm³/mol. The number of hydrogen-bond acceptors (Lipinski definition) is 0. The quantitative estimate of drug-likeness (QED) is 0.236. The van der Waals surface area contributed by atoms with Crippen LogP contribution in [0.2, 0.25) is 0 Å². The molecule has 0 aromatic rings. The van der Waals surface area contributed by atoms with Crippen LogP contribution in [0.1, 0.15) is 0 Å². The van der Waals surface area contributed by atoms with Gasteiger partial charge in [0.2, 0.25) is 0 Å². The molecule has 13 atom stereocenters. The summed E-state index contributed by atoms with van der Waals surface area (Å²) in [6, 6.07) is 0. The van der Waals surface area contributed by atoms with Crippen molar-refractivity contribution in [3.63, 3.8) is 0 Å². The van der Waals surface area contributed by atoms with Gasteiger partial charge in [-0.05, 0) is 50.2 Å². The summed E-state index contributed by atoms with van der Waals surface area (Å²) in [6.07, 6.45) is 0. The molecule has 0 heterocycles. The molecule has 0 aliphatic rings. The molecule has 0 aliphatic heterocycles. The van der Waals surface area contributed by atoms with Crippen molar-refractivity contribution >= 4 is 156 Å². The average molecular weight is 624 g/mol. The van der Waals surface area contributed by atoms with Crippen LogP contribution >= 0.6 is 156 Å². The van der Waals surface area contributed by atoms with Crippen LogP contribution in [0.15, 0.2) is 0 Å². The lowest BCUT2D eigenvalue weighted by Crippen LogP contribution is -2.06. The first-order chi connectivity index (χ1) is 9.04. The lowest BCUT2D eigenvalue weighted by Gasteiger charge is -2.54. The molecule has 0 nitrogen and oxygen atoms in total. The summed E-state index contributed by atoms with van der Waals surface area (Å²) in [6.45, 7) is -0.133. The van der Waals surface area contributed by atoms with Gasteiger partial charge in [-0.15, -0.1) is 98.2 Å². The first-order valence-corrected chi connectivity index (χ1v) is 35.9. The summed E-state index contributed by atoms with van der Waals surface area (Å²) in [5.41, 5.74) is 0. The molecule has 0 radical (unpaired) electrons. The highest BCUT2D eigenvalue weighted by molar-refractivity contribution is 9.03. The van der Waals surface area contributed by atoms with Gasteiger partial charge in [-0.1, -0.05) is 7.96 Å². The van der Waals surface area contributed by atoms with Crippen LogP contribution in [0.25, 0.3) is 0 Å². The topological polar surface area (TPSA) is 0 Å². The van der Waals surface area contributed by atoms with Gasteiger partial charge in [0.1, 0.15) is 0 Å². The molecule has 0 rings (SSSR count). The van der Waals surface area contributed by atoms with Crippen LogP contribution in [0.3, 0.4) is 0 Å². The lowest BCUT2D eigenvalue weighted by atomic mass is 11.8. The average Bonchev–Trinajstić information content (AvgIpc) is 2.25. The molecule has 0 spiro atoms. The number of hydrogen-bond donors (Lipinski definition) is 0. The van der Waals surface area contributed by atoms with Crippen molar-refractivity contribution in [2.75, 3.05) is 0 Å². The molecular weight excluding hydrogens is 601 g/mol. The van der Waals surface area contributed by atoms with Gasteiger partial charge in [0.15, 0.2) is 0 Å². The van der Waals surface area contributed by atoms with Crippen molar-refractivity contribution in [1.82, 2.24) is 0 Å². The Labute approximate surface area is 159 Å². The highest BCUT2D eigenvalue weighted by atomic mass is 33.0. The Morgan fingerprint density at radius 2 is 0.950 bits per heavy atom. The first-order valence-electron chi connectivity index (χ1n) is 4.59. The van der Waals surface area contributed by atoms with E-state index in [-0.39, 0.29) is 50.2 Å². The van der Waals surface area contributed by atoms with Crippen LogP contribution in [0.4, 0.5) is 0 Å². The molecule has 0 amide bonds. The molecule has 0 saturated heterocycles. The lowest BCUT2D eigenvalue weighted by molar-refractivity contribution is 1.87. The Balaban J connectivity index is 6.13. The third-order valence-corrected chi connectivity index (χ3v) is 75.5. The van der Waals surface area contributed by atoms with Crippen LogP contribution in [0, 0.1) is 0 Å². The van der Waals surface area contributed by atoms with E-state index in [1.165, 1.54) is 0 Å². The van der Waals surface area contributed by atoms with Crippen LogP contribution in [0.5, 0.6) is 0 Å². The summed E-state index contributed by atoms with van der Waals surface area (Å²) in [5, 5.41) is 0. The molecule has 122 valence electrons. The normalized spacial score (nSPS) is 16.1. The van der Waals surface area contributed by atoms with E-state index in [0.29, 0.717) is 4.38 Å². The Bertz CT molecular complexity index is 247. The molecule has 0 aromatic carbocycles. The van der Waals surface area contributed by atoms with Gasteiger partial charge in [-0.2, -0.15) is 0 Å². The summed E-state index contributed by atoms with van der Waals surface area (Å²) in [5.74, 6) is 0. The fourth-order valence-corrected chi connectivity index (χ4v) is 142. The van der Waals surface area contributed by atoms with Gasteiger partial charge < -0.3 is 0 Å². The third kappa shape index (κ3) is 7.78. The zero-order valence-electron chi connectivity index (χ0n) is 10.5. The fourth-order valence-electron chi connectivity index (χ4n) is 1.38. The maximum Gasteiger partial charge on any atom is 0.0804 e. The van der Waals surface area contributed by atoms with Crippen molar-refractivity contribution in [2.24, 2.45) is 0 Å². The highest BCUT2D eigenvalue weighted by Crippen LogP contribution is 3.19. The zero-order valence-corrected chi connectivity index (χ0v) is 30.4. The molecule has 19 heteroatoms. The molecule has 0 aliphatic carbocycles. The predicted octanol–water partition coefficient (Wildman–Crippen LogP) is 10.0. The van der Waals surface area contributed by atoms with Crippen molar-refractivity contribution in [1.29, 1.82) is 0 Å². The highest BCUT2D eigenvalue weighted by Gasteiger charge is 2.54. The second kappa shape index (κ2) is 14.2. The van der Waals surface area contributed by atoms with Gasteiger partial charge >= 0.3 is 0 Å². The maximum absolute atomic E-state index is 3.19.